The number of hydrogen-bond acceptors (Lipinski definition) is 6. The molecular formula is C31H29ClN4O2S2. The highest BCUT2D eigenvalue weighted by atomic mass is 35.5. The van der Waals surface area contributed by atoms with Crippen LogP contribution in [0.4, 0.5) is 5.82 Å². The van der Waals surface area contributed by atoms with E-state index in [9.17, 15) is 14.9 Å². The summed E-state index contributed by atoms with van der Waals surface area (Å²) in [5.74, 6) is 1.07. The van der Waals surface area contributed by atoms with E-state index in [0.717, 1.165) is 43.7 Å². The molecule has 0 bridgehead atoms. The molecule has 0 unspecified atom stereocenters. The van der Waals surface area contributed by atoms with Gasteiger partial charge in [-0.1, -0.05) is 84.1 Å². The molecule has 2 aliphatic rings. The quantitative estimate of drug-likeness (QED) is 0.257. The van der Waals surface area contributed by atoms with Crippen LogP contribution in [0.3, 0.4) is 0 Å². The number of thiocarbonyl (C=S) groups is 1. The number of halogens is 1. The Morgan fingerprint density at radius 2 is 1.77 bits per heavy atom. The number of carbonyl (C=O) groups excluding carboxylic acids is 1. The molecule has 1 aromatic heterocycles. The molecule has 40 heavy (non-hydrogen) atoms. The van der Waals surface area contributed by atoms with Gasteiger partial charge in [0.15, 0.2) is 0 Å². The Hall–Kier alpha value is -3.38. The molecular weight excluding hydrogens is 560 g/mol. The number of nitriles is 1. The molecule has 204 valence electrons. The van der Waals surface area contributed by atoms with Gasteiger partial charge in [0, 0.05) is 30.7 Å². The smallest absolute Gasteiger partial charge is 0.270 e. The molecule has 3 aromatic rings. The van der Waals surface area contributed by atoms with Gasteiger partial charge in [0.1, 0.15) is 21.8 Å². The minimum absolute atomic E-state index is 0.0861. The molecule has 3 heterocycles. The summed E-state index contributed by atoms with van der Waals surface area (Å²) in [7, 11) is 1.70. The average Bonchev–Trinajstić information content (AvgIpc) is 3.22. The van der Waals surface area contributed by atoms with Crippen molar-refractivity contribution >= 4 is 57.7 Å². The van der Waals surface area contributed by atoms with E-state index in [1.54, 1.807) is 35.6 Å². The monoisotopic (exact) mass is 588 g/mol. The summed E-state index contributed by atoms with van der Waals surface area (Å²) in [6.07, 6.45) is 4.80. The number of anilines is 1. The van der Waals surface area contributed by atoms with Gasteiger partial charge in [-0.3, -0.25) is 19.1 Å². The molecule has 6 nitrogen and oxygen atoms in total. The molecule has 2 fully saturated rings. The molecule has 1 amide bonds. The summed E-state index contributed by atoms with van der Waals surface area (Å²) < 4.78 is 2.00. The molecule has 0 aliphatic carbocycles. The maximum Gasteiger partial charge on any atom is 0.270 e. The van der Waals surface area contributed by atoms with Gasteiger partial charge >= 0.3 is 0 Å². The number of rotatable bonds is 6. The van der Waals surface area contributed by atoms with Crippen molar-refractivity contribution in [3.63, 3.8) is 0 Å². The van der Waals surface area contributed by atoms with E-state index in [4.69, 9.17) is 23.8 Å². The third kappa shape index (κ3) is 5.60. The van der Waals surface area contributed by atoms with Crippen LogP contribution in [0.5, 0.6) is 0 Å². The van der Waals surface area contributed by atoms with Gasteiger partial charge in [0.25, 0.3) is 11.5 Å². The molecule has 0 spiro atoms. The SMILES string of the molecule is Cc1c(/C=C2/SC(=S)N(Cc3ccccc3Cl)C2=O)c(N2CCC(Cc3ccccc3)CC2)n(C)c(=O)c1C#N. The summed E-state index contributed by atoms with van der Waals surface area (Å²) in [5.41, 5.74) is 3.18. The number of aromatic nitrogens is 1. The topological polar surface area (TPSA) is 69.3 Å². The Bertz CT molecular complexity index is 1600. The van der Waals surface area contributed by atoms with Crippen molar-refractivity contribution in [2.24, 2.45) is 13.0 Å². The summed E-state index contributed by atoms with van der Waals surface area (Å²) in [5, 5.41) is 10.4. The number of hydrogen-bond donors (Lipinski definition) is 0. The summed E-state index contributed by atoms with van der Waals surface area (Å²) >= 11 is 13.1. The molecule has 0 saturated carbocycles. The first-order valence-corrected chi connectivity index (χ1v) is 14.8. The zero-order valence-electron chi connectivity index (χ0n) is 22.4. The van der Waals surface area contributed by atoms with Crippen molar-refractivity contribution in [1.82, 2.24) is 9.47 Å². The van der Waals surface area contributed by atoms with E-state index < -0.39 is 0 Å². The van der Waals surface area contributed by atoms with E-state index in [0.29, 0.717) is 31.3 Å². The van der Waals surface area contributed by atoms with Crippen molar-refractivity contribution in [1.29, 1.82) is 5.26 Å². The number of piperidine rings is 1. The van der Waals surface area contributed by atoms with Crippen LogP contribution in [0.1, 0.15) is 40.7 Å². The first kappa shape index (κ1) is 28.2. The fourth-order valence-electron chi connectivity index (χ4n) is 5.45. The Balaban J connectivity index is 1.46. The third-order valence-corrected chi connectivity index (χ3v) is 9.43. The molecule has 2 saturated heterocycles. The zero-order valence-corrected chi connectivity index (χ0v) is 24.8. The lowest BCUT2D eigenvalue weighted by Crippen LogP contribution is -2.39. The molecule has 2 aliphatic heterocycles. The van der Waals surface area contributed by atoms with Crippen molar-refractivity contribution in [3.8, 4) is 6.07 Å². The summed E-state index contributed by atoms with van der Waals surface area (Å²) in [6.45, 7) is 3.62. The lowest BCUT2D eigenvalue weighted by Gasteiger charge is -2.36. The maximum absolute atomic E-state index is 13.5. The van der Waals surface area contributed by atoms with Crippen LogP contribution < -0.4 is 10.5 Å². The molecule has 0 radical (unpaired) electrons. The summed E-state index contributed by atoms with van der Waals surface area (Å²) in [4.78, 5) is 30.9. The van der Waals surface area contributed by atoms with Gasteiger partial charge in [-0.05, 0) is 60.9 Å². The van der Waals surface area contributed by atoms with Crippen molar-refractivity contribution < 1.29 is 4.79 Å². The van der Waals surface area contributed by atoms with E-state index in [1.165, 1.54) is 17.3 Å². The van der Waals surface area contributed by atoms with Crippen LogP contribution in [0.25, 0.3) is 6.08 Å². The van der Waals surface area contributed by atoms with Crippen molar-refractivity contribution in [2.75, 3.05) is 18.0 Å². The molecule has 0 N–H and O–H groups in total. The molecule has 5 rings (SSSR count). The fourth-order valence-corrected chi connectivity index (χ4v) is 6.89. The number of benzene rings is 2. The number of amides is 1. The Morgan fingerprint density at radius 1 is 1.10 bits per heavy atom. The van der Waals surface area contributed by atoms with Crippen LogP contribution in [0.2, 0.25) is 5.02 Å². The lowest BCUT2D eigenvalue weighted by molar-refractivity contribution is -0.122. The number of thioether (sulfide) groups is 1. The molecule has 0 atom stereocenters. The van der Waals surface area contributed by atoms with Crippen LogP contribution in [-0.2, 0) is 24.8 Å². The van der Waals surface area contributed by atoms with Crippen molar-refractivity contribution in [3.05, 3.63) is 103 Å². The Kier molecular flexibility index (Phi) is 8.46. The molecule has 2 aromatic carbocycles. The van der Waals surface area contributed by atoms with Gasteiger partial charge in [-0.25, -0.2) is 0 Å². The minimum Gasteiger partial charge on any atom is -0.357 e. The first-order chi connectivity index (χ1) is 19.3. The Morgan fingerprint density at radius 3 is 2.45 bits per heavy atom. The van der Waals surface area contributed by atoms with Crippen LogP contribution >= 0.6 is 35.6 Å². The van der Waals surface area contributed by atoms with Gasteiger partial charge < -0.3 is 4.90 Å². The first-order valence-electron chi connectivity index (χ1n) is 13.2. The second kappa shape index (κ2) is 12.0. The van der Waals surface area contributed by atoms with Crippen molar-refractivity contribution in [2.45, 2.75) is 32.7 Å². The minimum atomic E-state index is -0.329. The number of nitrogens with zero attached hydrogens (tertiary/aromatic N) is 4. The van der Waals surface area contributed by atoms with E-state index in [-0.39, 0.29) is 23.6 Å². The largest absolute Gasteiger partial charge is 0.357 e. The number of pyridine rings is 1. The van der Waals surface area contributed by atoms with Gasteiger partial charge in [-0.15, -0.1) is 0 Å². The second-order valence-corrected chi connectivity index (χ2v) is 12.3. The normalized spacial score (nSPS) is 17.1. The highest BCUT2D eigenvalue weighted by Gasteiger charge is 2.34. The highest BCUT2D eigenvalue weighted by Crippen LogP contribution is 2.37. The van der Waals surface area contributed by atoms with E-state index in [1.807, 2.05) is 24.3 Å². The highest BCUT2D eigenvalue weighted by molar-refractivity contribution is 8.26. The number of carbonyl (C=O) groups is 1. The van der Waals surface area contributed by atoms with Crippen LogP contribution in [0.15, 0.2) is 64.3 Å². The van der Waals surface area contributed by atoms with Crippen LogP contribution in [-0.4, -0.2) is 32.8 Å². The van der Waals surface area contributed by atoms with Crippen LogP contribution in [0, 0.1) is 24.2 Å². The van der Waals surface area contributed by atoms with Gasteiger partial charge in [0.2, 0.25) is 0 Å². The third-order valence-electron chi connectivity index (χ3n) is 7.68. The standard InChI is InChI=1S/C31H29ClN4O2S2/c1-20-24(17-27-30(38)36(31(39)40-27)19-23-10-6-7-11-26(23)32)28(34(2)29(37)25(20)18-33)35-14-12-22(13-15-35)16-21-8-4-3-5-9-21/h3-11,17,22H,12-16,19H2,1-2H3/b27-17+. The zero-order chi connectivity index (χ0) is 28.4. The maximum atomic E-state index is 13.5. The second-order valence-electron chi connectivity index (χ2n) is 10.2. The van der Waals surface area contributed by atoms with Gasteiger partial charge in [0.05, 0.1) is 11.4 Å². The summed E-state index contributed by atoms with van der Waals surface area (Å²) in [6, 6.07) is 20.0. The predicted molar refractivity (Wildman–Crippen MR) is 166 cm³/mol. The van der Waals surface area contributed by atoms with Gasteiger partial charge in [-0.2, -0.15) is 5.26 Å². The lowest BCUT2D eigenvalue weighted by atomic mass is 9.90. The predicted octanol–water partition coefficient (Wildman–Crippen LogP) is 6.08. The fraction of sp³-hybridized carbons (Fsp3) is 0.290. The average molecular weight is 589 g/mol. The van der Waals surface area contributed by atoms with E-state index in [2.05, 4.69) is 35.2 Å². The Labute approximate surface area is 248 Å². The van der Waals surface area contributed by atoms with E-state index >= 15 is 0 Å². The molecule has 9 heteroatoms.